The Morgan fingerprint density at radius 3 is 1.00 bits per heavy atom. The first kappa shape index (κ1) is 57.3. The van der Waals surface area contributed by atoms with Gasteiger partial charge in [-0.15, -0.1) is 0 Å². The van der Waals surface area contributed by atoms with Crippen LogP contribution in [0.3, 0.4) is 0 Å². The Bertz CT molecular complexity index is 1250. The van der Waals surface area contributed by atoms with Crippen molar-refractivity contribution < 1.29 is 28.6 Å². The summed E-state index contributed by atoms with van der Waals surface area (Å²) in [6.45, 7) is 6.31. The summed E-state index contributed by atoms with van der Waals surface area (Å²) in [6.07, 6.45) is 63.8. The van der Waals surface area contributed by atoms with Crippen LogP contribution in [0.25, 0.3) is 0 Å². The summed E-state index contributed by atoms with van der Waals surface area (Å²) < 4.78 is 16.7. The predicted octanol–water partition coefficient (Wildman–Crippen LogP) is 16.2. The molecule has 0 bridgehead atoms. The fraction of sp³-hybridized carbons (Fsp3) is 0.655. The second-order valence-electron chi connectivity index (χ2n) is 16.2. The topological polar surface area (TPSA) is 78.9 Å². The third-order valence-corrected chi connectivity index (χ3v) is 10.3. The average Bonchev–Trinajstić information content (AvgIpc) is 3.26. The number of carbonyl (C=O) groups is 3. The summed E-state index contributed by atoms with van der Waals surface area (Å²) >= 11 is 0. The van der Waals surface area contributed by atoms with Gasteiger partial charge in [-0.2, -0.15) is 0 Å². The van der Waals surface area contributed by atoms with Gasteiger partial charge < -0.3 is 14.2 Å². The Balaban J connectivity index is 4.48. The minimum Gasteiger partial charge on any atom is -0.462 e. The number of ether oxygens (including phenoxy) is 3. The number of esters is 3. The third-order valence-electron chi connectivity index (χ3n) is 10.3. The van der Waals surface area contributed by atoms with Crippen molar-refractivity contribution >= 4 is 17.9 Å². The van der Waals surface area contributed by atoms with Crippen LogP contribution >= 0.6 is 0 Å². The first-order chi connectivity index (χ1) is 30.0. The molecular weight excluding hydrogens is 757 g/mol. The van der Waals surface area contributed by atoms with E-state index in [0.29, 0.717) is 19.3 Å². The number of hydrogen-bond acceptors (Lipinski definition) is 6. The molecule has 6 heteroatoms. The Morgan fingerprint density at radius 1 is 0.344 bits per heavy atom. The normalized spacial score (nSPS) is 12.9. The Hall–Kier alpha value is -3.67. The molecule has 1 unspecified atom stereocenters. The second kappa shape index (κ2) is 49.0. The van der Waals surface area contributed by atoms with E-state index >= 15 is 0 Å². The number of allylic oxidation sites excluding steroid dienone is 16. The zero-order valence-electron chi connectivity index (χ0n) is 39.4. The van der Waals surface area contributed by atoms with Crippen LogP contribution in [0, 0.1) is 0 Å². The molecule has 61 heavy (non-hydrogen) atoms. The lowest BCUT2D eigenvalue weighted by atomic mass is 10.0. The first-order valence-electron chi connectivity index (χ1n) is 24.8. The van der Waals surface area contributed by atoms with Gasteiger partial charge in [-0.25, -0.2) is 0 Å². The summed E-state index contributed by atoms with van der Waals surface area (Å²) in [5.41, 5.74) is 0. The molecule has 346 valence electrons. The highest BCUT2D eigenvalue weighted by atomic mass is 16.6. The highest BCUT2D eigenvalue weighted by Crippen LogP contribution is 2.14. The lowest BCUT2D eigenvalue weighted by Gasteiger charge is -2.18. The van der Waals surface area contributed by atoms with Gasteiger partial charge in [0.15, 0.2) is 6.10 Å². The van der Waals surface area contributed by atoms with Crippen molar-refractivity contribution in [1.82, 2.24) is 0 Å². The largest absolute Gasteiger partial charge is 0.462 e. The summed E-state index contributed by atoms with van der Waals surface area (Å²) in [5, 5.41) is 0. The quantitative estimate of drug-likeness (QED) is 0.0263. The second-order valence-corrected chi connectivity index (χ2v) is 16.2. The van der Waals surface area contributed by atoms with Crippen molar-refractivity contribution in [3.05, 3.63) is 97.2 Å². The van der Waals surface area contributed by atoms with Crippen LogP contribution in [0.15, 0.2) is 97.2 Å². The minimum absolute atomic E-state index is 0.0948. The third kappa shape index (κ3) is 47.2. The number of hydrogen-bond donors (Lipinski definition) is 0. The highest BCUT2D eigenvalue weighted by Gasteiger charge is 2.19. The molecule has 6 nitrogen and oxygen atoms in total. The van der Waals surface area contributed by atoms with E-state index in [9.17, 15) is 14.4 Å². The average molecular weight is 847 g/mol. The number of carbonyl (C=O) groups excluding carboxylic acids is 3. The maximum Gasteiger partial charge on any atom is 0.306 e. The van der Waals surface area contributed by atoms with Gasteiger partial charge in [0.1, 0.15) is 13.2 Å². The Morgan fingerprint density at radius 2 is 0.639 bits per heavy atom. The van der Waals surface area contributed by atoms with Gasteiger partial charge in [0, 0.05) is 19.3 Å². The summed E-state index contributed by atoms with van der Waals surface area (Å²) in [6, 6.07) is 0. The molecule has 1 atom stereocenters. The Kier molecular flexibility index (Phi) is 46.0. The fourth-order valence-corrected chi connectivity index (χ4v) is 6.58. The molecule has 0 amide bonds. The van der Waals surface area contributed by atoms with E-state index in [1.54, 1.807) is 0 Å². The van der Waals surface area contributed by atoms with Crippen molar-refractivity contribution in [2.45, 2.75) is 219 Å². The van der Waals surface area contributed by atoms with E-state index in [1.165, 1.54) is 64.2 Å². The van der Waals surface area contributed by atoms with Crippen LogP contribution in [0.1, 0.15) is 213 Å². The van der Waals surface area contributed by atoms with E-state index in [1.807, 2.05) is 42.5 Å². The van der Waals surface area contributed by atoms with Crippen molar-refractivity contribution in [1.29, 1.82) is 0 Å². The van der Waals surface area contributed by atoms with Crippen LogP contribution in [-0.2, 0) is 28.6 Å². The van der Waals surface area contributed by atoms with Gasteiger partial charge in [0.25, 0.3) is 0 Å². The van der Waals surface area contributed by atoms with Crippen molar-refractivity contribution in [2.24, 2.45) is 0 Å². The molecular formula is C55H90O6. The summed E-state index contributed by atoms with van der Waals surface area (Å²) in [7, 11) is 0. The predicted molar refractivity (Wildman–Crippen MR) is 260 cm³/mol. The molecule has 0 rings (SSSR count). The van der Waals surface area contributed by atoms with Gasteiger partial charge >= 0.3 is 17.9 Å². The molecule has 0 spiro atoms. The lowest BCUT2D eigenvalue weighted by molar-refractivity contribution is -0.167. The minimum atomic E-state index is -0.798. The lowest BCUT2D eigenvalue weighted by Crippen LogP contribution is -2.30. The SMILES string of the molecule is CC\C=C/C=C\C=C/C=C\CCCCCCCC(=O)OCC(COC(=O)CCCCCCCCCCCCCCC)OC(=O)CCCCCCC\C=C/C=C\C=C/C=C\CC. The van der Waals surface area contributed by atoms with E-state index in [4.69, 9.17) is 14.2 Å². The van der Waals surface area contributed by atoms with Crippen LogP contribution in [0.2, 0.25) is 0 Å². The van der Waals surface area contributed by atoms with Gasteiger partial charge in [-0.1, -0.05) is 234 Å². The van der Waals surface area contributed by atoms with Gasteiger partial charge in [-0.3, -0.25) is 14.4 Å². The van der Waals surface area contributed by atoms with Gasteiger partial charge in [-0.05, 0) is 57.8 Å². The molecule has 0 saturated heterocycles. The molecule has 0 radical (unpaired) electrons. The first-order valence-corrected chi connectivity index (χ1v) is 24.8. The highest BCUT2D eigenvalue weighted by molar-refractivity contribution is 5.71. The standard InChI is InChI=1S/C55H90O6/c1-4-7-10-13-16-19-22-25-27-30-33-36-39-42-45-48-54(57)60-51-52(50-59-53(56)47-44-41-38-35-32-29-24-21-18-15-12-9-6-3)61-55(58)49-46-43-40-37-34-31-28-26-23-20-17-14-11-8-5-2/h7-8,10-11,13-14,16-17,19-20,22-23,25-28,52H,4-6,9,12,15,18,21,24,29-51H2,1-3H3/b10-7-,11-8-,16-13-,17-14-,22-19-,23-20-,27-25-,28-26-. The monoisotopic (exact) mass is 847 g/mol. The molecule has 0 fully saturated rings. The van der Waals surface area contributed by atoms with Crippen molar-refractivity contribution in [2.75, 3.05) is 13.2 Å². The van der Waals surface area contributed by atoms with E-state index < -0.39 is 6.10 Å². The van der Waals surface area contributed by atoms with Crippen LogP contribution in [-0.4, -0.2) is 37.2 Å². The molecule has 0 aromatic rings. The molecule has 0 aromatic heterocycles. The smallest absolute Gasteiger partial charge is 0.306 e. The maximum atomic E-state index is 12.8. The fourth-order valence-electron chi connectivity index (χ4n) is 6.58. The number of rotatable bonds is 43. The van der Waals surface area contributed by atoms with E-state index in [-0.39, 0.29) is 31.1 Å². The van der Waals surface area contributed by atoms with Gasteiger partial charge in [0.2, 0.25) is 0 Å². The maximum absolute atomic E-state index is 12.8. The zero-order chi connectivity index (χ0) is 44.4. The Labute approximate surface area is 375 Å². The summed E-state index contributed by atoms with van der Waals surface area (Å²) in [5.74, 6) is -0.946. The molecule has 0 saturated carbocycles. The molecule has 0 N–H and O–H groups in total. The van der Waals surface area contributed by atoms with Crippen LogP contribution in [0.5, 0.6) is 0 Å². The molecule has 0 aromatic carbocycles. The van der Waals surface area contributed by atoms with E-state index in [0.717, 1.165) is 109 Å². The van der Waals surface area contributed by atoms with Crippen LogP contribution < -0.4 is 0 Å². The molecule has 0 heterocycles. The van der Waals surface area contributed by atoms with E-state index in [2.05, 4.69) is 75.5 Å². The molecule has 0 aliphatic rings. The zero-order valence-corrected chi connectivity index (χ0v) is 39.4. The van der Waals surface area contributed by atoms with Crippen LogP contribution in [0.4, 0.5) is 0 Å². The number of unbranched alkanes of at least 4 members (excludes halogenated alkanes) is 22. The summed E-state index contributed by atoms with van der Waals surface area (Å²) in [4.78, 5) is 37.9. The van der Waals surface area contributed by atoms with Gasteiger partial charge in [0.05, 0.1) is 0 Å². The molecule has 0 aliphatic carbocycles. The molecule has 0 aliphatic heterocycles. The van der Waals surface area contributed by atoms with Crippen molar-refractivity contribution in [3.63, 3.8) is 0 Å². The van der Waals surface area contributed by atoms with Crippen molar-refractivity contribution in [3.8, 4) is 0 Å².